The minimum absolute atomic E-state index is 0.255. The van der Waals surface area contributed by atoms with Crippen molar-refractivity contribution in [1.82, 2.24) is 0 Å². The monoisotopic (exact) mass is 781 g/mol. The number of rotatable bonds is 3. The summed E-state index contributed by atoms with van der Waals surface area (Å²) in [7, 11) is 0. The highest BCUT2D eigenvalue weighted by atomic mass is 16.1. The maximum atomic E-state index is 9.81. The average molecular weight is 781 g/mol. The molecule has 0 radical (unpaired) electrons. The maximum Gasteiger partial charge on any atom is 0.168 e. The summed E-state index contributed by atoms with van der Waals surface area (Å²) in [6.45, 7) is 43.8. The van der Waals surface area contributed by atoms with E-state index in [1.807, 2.05) is 94.4 Å². The lowest BCUT2D eigenvalue weighted by atomic mass is 9.92. The molecule has 0 fully saturated rings. The van der Waals surface area contributed by atoms with Crippen molar-refractivity contribution >= 4 is 5.78 Å². The number of hydrogen-bond acceptors (Lipinski definition) is 1. The Morgan fingerprint density at radius 1 is 0.446 bits per heavy atom. The van der Waals surface area contributed by atoms with Gasteiger partial charge in [0.15, 0.2) is 12.4 Å². The first-order chi connectivity index (χ1) is 27.1. The molecule has 328 valence electrons. The van der Waals surface area contributed by atoms with Gasteiger partial charge in [0, 0.05) is 18.6 Å². The van der Waals surface area contributed by atoms with Crippen molar-refractivity contribution in [2.75, 3.05) is 0 Å². The molecule has 0 amide bonds. The van der Waals surface area contributed by atoms with Gasteiger partial charge in [0.05, 0.1) is 0 Å². The summed E-state index contributed by atoms with van der Waals surface area (Å²) in [6, 6.07) is 23.7. The molecule has 0 unspecified atom stereocenters. The number of allylic oxidation sites excluding steroid dienone is 2. The topological polar surface area (TPSA) is 20.9 Å². The second-order valence-electron chi connectivity index (χ2n) is 12.3. The van der Waals surface area contributed by atoms with Gasteiger partial charge in [-0.15, -0.1) is 0 Å². The second kappa shape index (κ2) is 61.2. The lowest BCUT2D eigenvalue weighted by Gasteiger charge is -2.13. The number of aryl methyl sites for hydroxylation is 5. The Balaban J connectivity index is -0.0000000994. The van der Waals surface area contributed by atoms with E-state index in [0.29, 0.717) is 6.42 Å². The van der Waals surface area contributed by atoms with Crippen molar-refractivity contribution in [1.29, 1.82) is 0 Å². The van der Waals surface area contributed by atoms with Gasteiger partial charge in [0.1, 0.15) is 12.3 Å². The number of hydrogen-bond donors (Lipinski definition) is 0. The predicted molar refractivity (Wildman–Crippen MR) is 262 cm³/mol. The molecule has 1 heterocycles. The average Bonchev–Trinajstić information content (AvgIpc) is 3.28. The number of Topliss-reactive ketones (excluding diaryl/α,β-unsaturated/α-hetero) is 1. The number of benzene rings is 2. The van der Waals surface area contributed by atoms with Crippen LogP contribution in [0.5, 0.6) is 0 Å². The third kappa shape index (κ3) is 49.0. The van der Waals surface area contributed by atoms with Crippen LogP contribution in [0.1, 0.15) is 219 Å². The number of carbonyl (C=O) groups is 1. The van der Waals surface area contributed by atoms with E-state index in [1.165, 1.54) is 81.8 Å². The van der Waals surface area contributed by atoms with Crippen molar-refractivity contribution in [2.24, 2.45) is 0 Å². The zero-order valence-corrected chi connectivity index (χ0v) is 42.1. The Labute approximate surface area is 355 Å². The summed E-state index contributed by atoms with van der Waals surface area (Å²) < 4.78 is 2.12. The van der Waals surface area contributed by atoms with Gasteiger partial charge in [0.2, 0.25) is 0 Å². The van der Waals surface area contributed by atoms with Crippen LogP contribution in [0.15, 0.2) is 90.3 Å². The normalized spacial score (nSPS) is 10.1. The number of ketones is 1. The number of fused-ring (bicyclic) bond motifs is 2. The Morgan fingerprint density at radius 3 is 0.839 bits per heavy atom. The SMILES string of the molecule is CC.CC.CC.CC.CC.CCC.CCC.CCC(C)=C(C)C.CCC(C)=O.CC[n+]1ccccc1.c1ccc2c(c1)CCCC2.c1ccc2c(c1)CCCC2. The molecule has 0 atom stereocenters. The first-order valence-corrected chi connectivity index (χ1v) is 23.3. The molecule has 5 rings (SSSR count). The number of pyridine rings is 1. The molecule has 2 nitrogen and oxygen atoms in total. The number of nitrogens with zero attached hydrogens (tertiary/aromatic N) is 1. The molecule has 0 spiro atoms. The fourth-order valence-corrected chi connectivity index (χ4v) is 4.35. The highest BCUT2D eigenvalue weighted by Crippen LogP contribution is 2.20. The van der Waals surface area contributed by atoms with Crippen molar-refractivity contribution in [3.63, 3.8) is 0 Å². The molecule has 1 aromatic heterocycles. The first kappa shape index (κ1) is 67.7. The minimum Gasteiger partial charge on any atom is -0.300 e. The van der Waals surface area contributed by atoms with E-state index in [-0.39, 0.29) is 5.78 Å². The van der Waals surface area contributed by atoms with Crippen LogP contribution < -0.4 is 4.57 Å². The van der Waals surface area contributed by atoms with Crippen LogP contribution >= 0.6 is 0 Å². The highest BCUT2D eigenvalue weighted by Gasteiger charge is 2.07. The zero-order chi connectivity index (χ0) is 45.0. The van der Waals surface area contributed by atoms with Crippen molar-refractivity contribution < 1.29 is 9.36 Å². The van der Waals surface area contributed by atoms with Gasteiger partial charge in [-0.2, -0.15) is 0 Å². The van der Waals surface area contributed by atoms with E-state index < -0.39 is 0 Å². The van der Waals surface area contributed by atoms with Crippen molar-refractivity contribution in [3.05, 3.63) is 113 Å². The van der Waals surface area contributed by atoms with Crippen LogP contribution in [0, 0.1) is 0 Å². The highest BCUT2D eigenvalue weighted by molar-refractivity contribution is 5.74. The van der Waals surface area contributed by atoms with E-state index in [0.717, 1.165) is 6.54 Å². The third-order valence-electron chi connectivity index (χ3n) is 7.55. The fraction of sp³-hybridized carbons (Fsp3) is 0.630. The lowest BCUT2D eigenvalue weighted by Crippen LogP contribution is -2.30. The van der Waals surface area contributed by atoms with E-state index in [1.54, 1.807) is 29.2 Å². The largest absolute Gasteiger partial charge is 0.300 e. The number of carbonyl (C=O) groups excluding carboxylic acids is 1. The first-order valence-electron chi connectivity index (χ1n) is 23.3. The van der Waals surface area contributed by atoms with Crippen LogP contribution in [0.4, 0.5) is 0 Å². The summed E-state index contributed by atoms with van der Waals surface area (Å²) in [5.41, 5.74) is 9.28. The summed E-state index contributed by atoms with van der Waals surface area (Å²) >= 11 is 0. The van der Waals surface area contributed by atoms with E-state index in [9.17, 15) is 4.79 Å². The van der Waals surface area contributed by atoms with Crippen molar-refractivity contribution in [2.45, 2.75) is 229 Å². The van der Waals surface area contributed by atoms with E-state index in [2.05, 4.69) is 128 Å². The Hall–Kier alpha value is -3.00. The lowest BCUT2D eigenvalue weighted by molar-refractivity contribution is -0.693. The summed E-state index contributed by atoms with van der Waals surface area (Å²) in [4.78, 5) is 9.81. The quantitative estimate of drug-likeness (QED) is 0.192. The zero-order valence-electron chi connectivity index (χ0n) is 42.1. The van der Waals surface area contributed by atoms with Crippen LogP contribution in [-0.2, 0) is 37.0 Å². The summed E-state index contributed by atoms with van der Waals surface area (Å²) in [6.07, 6.45) is 19.2. The molecule has 56 heavy (non-hydrogen) atoms. The number of aromatic nitrogens is 1. The molecule has 0 N–H and O–H groups in total. The van der Waals surface area contributed by atoms with Gasteiger partial charge in [-0.25, -0.2) is 4.57 Å². The Bertz CT molecular complexity index is 1040. The molecular formula is C54H102NO+. The molecule has 0 saturated carbocycles. The summed E-state index contributed by atoms with van der Waals surface area (Å²) in [5.74, 6) is 0.255. The fourth-order valence-electron chi connectivity index (χ4n) is 4.35. The molecule has 0 saturated heterocycles. The second-order valence-corrected chi connectivity index (χ2v) is 12.3. The van der Waals surface area contributed by atoms with E-state index in [4.69, 9.17) is 0 Å². The maximum absolute atomic E-state index is 9.81. The van der Waals surface area contributed by atoms with Gasteiger partial charge in [-0.3, -0.25) is 0 Å². The van der Waals surface area contributed by atoms with Crippen LogP contribution in [-0.4, -0.2) is 5.78 Å². The van der Waals surface area contributed by atoms with Gasteiger partial charge in [0.25, 0.3) is 0 Å². The molecule has 2 aliphatic rings. The minimum atomic E-state index is 0.255. The Morgan fingerprint density at radius 2 is 0.696 bits per heavy atom. The molecule has 0 bridgehead atoms. The van der Waals surface area contributed by atoms with Gasteiger partial charge in [-0.05, 0) is 115 Å². The van der Waals surface area contributed by atoms with Crippen LogP contribution in [0.3, 0.4) is 0 Å². The van der Waals surface area contributed by atoms with Crippen molar-refractivity contribution in [3.8, 4) is 0 Å². The van der Waals surface area contributed by atoms with E-state index >= 15 is 0 Å². The molecule has 2 aliphatic carbocycles. The molecule has 2 heteroatoms. The van der Waals surface area contributed by atoms with Crippen LogP contribution in [0.2, 0.25) is 0 Å². The molecule has 2 aromatic carbocycles. The standard InChI is InChI=1S/2C10H12.C7H10N.C7H14.C4H8O.2C3H8.5C2H6/c2*1-2-6-10-8-4-3-7-9(10)5-1;1-2-8-6-4-3-5-7-8;1-5-7(4)6(2)3;1-3-4(2)5;2*1-3-2;5*1-2/h2*1-2,5-6H,3-4,7-8H2;3-7H,2H2,1H3;5H2,1-4H3;3H2,1-2H3;2*3H2,1-2H3;5*1-2H3/q;;+1;;;;;;;;;. The smallest absolute Gasteiger partial charge is 0.168 e. The predicted octanol–water partition coefficient (Wildman–Crippen LogP) is 17.8. The van der Waals surface area contributed by atoms with Gasteiger partial charge >= 0.3 is 0 Å². The van der Waals surface area contributed by atoms with Gasteiger partial charge < -0.3 is 4.79 Å². The Kier molecular flexibility index (Phi) is 74.1. The third-order valence-corrected chi connectivity index (χ3v) is 7.55. The molecular weight excluding hydrogens is 679 g/mol. The molecule has 0 aliphatic heterocycles. The van der Waals surface area contributed by atoms with Crippen LogP contribution in [0.25, 0.3) is 0 Å². The molecule has 3 aromatic rings. The van der Waals surface area contributed by atoms with Gasteiger partial charge in [-0.1, -0.05) is 189 Å². The summed E-state index contributed by atoms with van der Waals surface area (Å²) in [5, 5.41) is 0.